The van der Waals surface area contributed by atoms with Crippen molar-refractivity contribution in [3.63, 3.8) is 0 Å². The van der Waals surface area contributed by atoms with E-state index in [4.69, 9.17) is 0 Å². The summed E-state index contributed by atoms with van der Waals surface area (Å²) < 4.78 is 0. The number of aromatic nitrogens is 1. The molecule has 0 atom stereocenters. The van der Waals surface area contributed by atoms with Crippen molar-refractivity contribution in [2.24, 2.45) is 0 Å². The smallest absolute Gasteiger partial charge is 0.222 e. The Morgan fingerprint density at radius 1 is 1.18 bits per heavy atom. The van der Waals surface area contributed by atoms with Crippen LogP contribution >= 0.6 is 0 Å². The molecule has 0 unspecified atom stereocenters. The number of hydrogen-bond acceptors (Lipinski definition) is 1. The summed E-state index contributed by atoms with van der Waals surface area (Å²) in [5.74, 6) is 0.289. The number of H-pyrrole nitrogens is 1. The van der Waals surface area contributed by atoms with E-state index in [1.807, 2.05) is 24.2 Å². The second-order valence-electron chi connectivity index (χ2n) is 6.51. The van der Waals surface area contributed by atoms with E-state index in [1.165, 1.54) is 49.5 Å². The Bertz CT molecular complexity index is 623. The fraction of sp³-hybridized carbons (Fsp3) is 0.526. The molecule has 1 aromatic carbocycles. The van der Waals surface area contributed by atoms with Gasteiger partial charge in [0, 0.05) is 36.6 Å². The number of nitrogens with one attached hydrogen (secondary N) is 1. The normalized spacial score (nSPS) is 16.6. The van der Waals surface area contributed by atoms with Crippen LogP contribution in [-0.4, -0.2) is 28.9 Å². The summed E-state index contributed by atoms with van der Waals surface area (Å²) in [5, 5.41) is 1.24. The quantitative estimate of drug-likeness (QED) is 0.840. The predicted octanol–water partition coefficient (Wildman–Crippen LogP) is 4.28. The first kappa shape index (κ1) is 15.1. The molecule has 1 heterocycles. The van der Waals surface area contributed by atoms with Crippen LogP contribution in [0.5, 0.6) is 0 Å². The van der Waals surface area contributed by atoms with Gasteiger partial charge in [-0.2, -0.15) is 0 Å². The molecule has 0 bridgehead atoms. The van der Waals surface area contributed by atoms with Crippen molar-refractivity contribution in [3.8, 4) is 0 Å². The molecule has 0 saturated heterocycles. The summed E-state index contributed by atoms with van der Waals surface area (Å²) in [4.78, 5) is 17.8. The van der Waals surface area contributed by atoms with E-state index in [0.717, 1.165) is 11.9 Å². The minimum absolute atomic E-state index is 0.289. The van der Waals surface area contributed by atoms with Crippen LogP contribution in [0, 0.1) is 0 Å². The third-order valence-corrected chi connectivity index (χ3v) is 5.05. The van der Waals surface area contributed by atoms with Gasteiger partial charge >= 0.3 is 0 Å². The van der Waals surface area contributed by atoms with E-state index in [9.17, 15) is 4.79 Å². The minimum atomic E-state index is 0.289. The van der Waals surface area contributed by atoms with E-state index in [-0.39, 0.29) is 5.91 Å². The molecule has 118 valence electrons. The molecule has 0 spiro atoms. The molecule has 1 aliphatic carbocycles. The lowest BCUT2D eigenvalue weighted by molar-refractivity contribution is -0.132. The number of carbonyl (C=O) groups excluding carboxylic acids is 1. The molecule has 3 rings (SSSR count). The van der Waals surface area contributed by atoms with E-state index < -0.39 is 0 Å². The first-order chi connectivity index (χ1) is 10.8. The monoisotopic (exact) mass is 298 g/mol. The van der Waals surface area contributed by atoms with Gasteiger partial charge in [-0.1, -0.05) is 43.9 Å². The summed E-state index contributed by atoms with van der Waals surface area (Å²) in [6, 6.07) is 8.75. The highest BCUT2D eigenvalue weighted by atomic mass is 16.2. The average Bonchev–Trinajstić information content (AvgIpc) is 2.77. The summed E-state index contributed by atoms with van der Waals surface area (Å²) in [5.41, 5.74) is 2.40. The van der Waals surface area contributed by atoms with Crippen molar-refractivity contribution in [1.29, 1.82) is 0 Å². The SMILES string of the molecule is CN(C(=O)CCc1c[nH]c2ccccc12)C1CCCCCC1. The minimum Gasteiger partial charge on any atom is -0.361 e. The summed E-state index contributed by atoms with van der Waals surface area (Å²) in [7, 11) is 1.99. The molecule has 2 aromatic rings. The Kier molecular flexibility index (Phi) is 4.81. The van der Waals surface area contributed by atoms with E-state index in [1.54, 1.807) is 0 Å². The predicted molar refractivity (Wildman–Crippen MR) is 90.9 cm³/mol. The van der Waals surface area contributed by atoms with Crippen molar-refractivity contribution in [2.75, 3.05) is 7.05 Å². The van der Waals surface area contributed by atoms with Crippen molar-refractivity contribution in [1.82, 2.24) is 9.88 Å². The van der Waals surface area contributed by atoms with Crippen LogP contribution < -0.4 is 0 Å². The lowest BCUT2D eigenvalue weighted by Crippen LogP contribution is -2.36. The molecule has 22 heavy (non-hydrogen) atoms. The number of nitrogens with zero attached hydrogens (tertiary/aromatic N) is 1. The number of carbonyl (C=O) groups is 1. The van der Waals surface area contributed by atoms with Gasteiger partial charge in [-0.3, -0.25) is 4.79 Å². The van der Waals surface area contributed by atoms with Crippen molar-refractivity contribution >= 4 is 16.8 Å². The highest BCUT2D eigenvalue weighted by Gasteiger charge is 2.21. The Balaban J connectivity index is 1.59. The zero-order valence-electron chi connectivity index (χ0n) is 13.5. The zero-order chi connectivity index (χ0) is 15.4. The molecular weight excluding hydrogens is 272 g/mol. The Morgan fingerprint density at radius 3 is 2.68 bits per heavy atom. The maximum absolute atomic E-state index is 12.5. The number of hydrogen-bond donors (Lipinski definition) is 1. The largest absolute Gasteiger partial charge is 0.361 e. The van der Waals surface area contributed by atoms with Gasteiger partial charge in [0.2, 0.25) is 5.91 Å². The van der Waals surface area contributed by atoms with Gasteiger partial charge in [0.15, 0.2) is 0 Å². The molecule has 1 N–H and O–H groups in total. The number of fused-ring (bicyclic) bond motifs is 1. The molecule has 0 radical (unpaired) electrons. The third-order valence-electron chi connectivity index (χ3n) is 5.05. The fourth-order valence-corrected chi connectivity index (χ4v) is 3.61. The van der Waals surface area contributed by atoms with Crippen molar-refractivity contribution in [3.05, 3.63) is 36.0 Å². The van der Waals surface area contributed by atoms with Crippen LogP contribution in [0.2, 0.25) is 0 Å². The number of amides is 1. The van der Waals surface area contributed by atoms with Crippen LogP contribution in [0.15, 0.2) is 30.5 Å². The van der Waals surface area contributed by atoms with Gasteiger partial charge in [-0.15, -0.1) is 0 Å². The first-order valence-electron chi connectivity index (χ1n) is 8.56. The van der Waals surface area contributed by atoms with Crippen LogP contribution in [0.25, 0.3) is 10.9 Å². The Morgan fingerprint density at radius 2 is 1.91 bits per heavy atom. The summed E-state index contributed by atoms with van der Waals surface area (Å²) in [6.45, 7) is 0. The van der Waals surface area contributed by atoms with Gasteiger partial charge in [0.05, 0.1) is 0 Å². The molecule has 1 saturated carbocycles. The average molecular weight is 298 g/mol. The molecule has 1 aromatic heterocycles. The van der Waals surface area contributed by atoms with Gasteiger partial charge in [-0.05, 0) is 30.9 Å². The second kappa shape index (κ2) is 6.99. The molecule has 3 heteroatoms. The maximum Gasteiger partial charge on any atom is 0.222 e. The number of aryl methyl sites for hydroxylation is 1. The molecule has 1 fully saturated rings. The highest BCUT2D eigenvalue weighted by Crippen LogP contribution is 2.23. The van der Waals surface area contributed by atoms with E-state index in [2.05, 4.69) is 23.2 Å². The summed E-state index contributed by atoms with van der Waals surface area (Å²) in [6.07, 6.45) is 11.0. The molecular formula is C19H26N2O. The van der Waals surface area contributed by atoms with Crippen molar-refractivity contribution < 1.29 is 4.79 Å². The first-order valence-corrected chi connectivity index (χ1v) is 8.56. The standard InChI is InChI=1S/C19H26N2O/c1-21(16-8-4-2-3-5-9-16)19(22)13-12-15-14-20-18-11-7-6-10-17(15)18/h6-7,10-11,14,16,20H,2-5,8-9,12-13H2,1H3. The van der Waals surface area contributed by atoms with Crippen LogP contribution in [-0.2, 0) is 11.2 Å². The number of rotatable bonds is 4. The lowest BCUT2D eigenvalue weighted by Gasteiger charge is -2.27. The zero-order valence-corrected chi connectivity index (χ0v) is 13.5. The Labute approximate surface area is 132 Å². The highest BCUT2D eigenvalue weighted by molar-refractivity contribution is 5.84. The fourth-order valence-electron chi connectivity index (χ4n) is 3.61. The molecule has 1 aliphatic rings. The van der Waals surface area contributed by atoms with Gasteiger partial charge in [-0.25, -0.2) is 0 Å². The lowest BCUT2D eigenvalue weighted by atomic mass is 10.1. The second-order valence-corrected chi connectivity index (χ2v) is 6.51. The topological polar surface area (TPSA) is 36.1 Å². The van der Waals surface area contributed by atoms with Crippen molar-refractivity contribution in [2.45, 2.75) is 57.4 Å². The molecule has 3 nitrogen and oxygen atoms in total. The van der Waals surface area contributed by atoms with E-state index in [0.29, 0.717) is 12.5 Å². The van der Waals surface area contributed by atoms with E-state index >= 15 is 0 Å². The number of para-hydroxylation sites is 1. The number of benzene rings is 1. The molecule has 1 amide bonds. The van der Waals surface area contributed by atoms with Gasteiger partial charge in [0.1, 0.15) is 0 Å². The summed E-state index contributed by atoms with van der Waals surface area (Å²) >= 11 is 0. The maximum atomic E-state index is 12.5. The Hall–Kier alpha value is -1.77. The van der Waals surface area contributed by atoms with Gasteiger partial charge in [0.25, 0.3) is 0 Å². The van der Waals surface area contributed by atoms with Crippen LogP contribution in [0.3, 0.4) is 0 Å². The number of aromatic amines is 1. The third kappa shape index (κ3) is 3.34. The van der Waals surface area contributed by atoms with Crippen LogP contribution in [0.4, 0.5) is 0 Å². The molecule has 0 aliphatic heterocycles. The van der Waals surface area contributed by atoms with Crippen LogP contribution in [0.1, 0.15) is 50.5 Å². The van der Waals surface area contributed by atoms with Gasteiger partial charge < -0.3 is 9.88 Å².